The molecule has 2 rings (SSSR count). The van der Waals surface area contributed by atoms with Crippen LogP contribution in [0.3, 0.4) is 0 Å². The maximum Gasteiger partial charge on any atom is 0.126 e. The van der Waals surface area contributed by atoms with Gasteiger partial charge in [-0.2, -0.15) is 11.8 Å². The molecule has 0 bridgehead atoms. The zero-order chi connectivity index (χ0) is 11.4. The van der Waals surface area contributed by atoms with E-state index in [4.69, 9.17) is 0 Å². The summed E-state index contributed by atoms with van der Waals surface area (Å²) >= 11 is 2.10. The first-order chi connectivity index (χ1) is 7.83. The van der Waals surface area contributed by atoms with Crippen LogP contribution >= 0.6 is 11.8 Å². The highest BCUT2D eigenvalue weighted by Gasteiger charge is 2.27. The van der Waals surface area contributed by atoms with Crippen molar-refractivity contribution in [3.8, 4) is 0 Å². The number of aryl methyl sites for hydroxylation is 1. The maximum atomic E-state index is 4.50. The number of nitrogens with zero attached hydrogens (tertiary/aromatic N) is 2. The van der Waals surface area contributed by atoms with E-state index in [0.717, 1.165) is 6.54 Å². The van der Waals surface area contributed by atoms with Crippen LogP contribution in [-0.2, 0) is 7.05 Å². The molecule has 0 spiro atoms. The average Bonchev–Trinajstić information content (AvgIpc) is 2.73. The minimum atomic E-state index is 0.412. The molecule has 4 heteroatoms. The Balaban J connectivity index is 2.12. The Kier molecular flexibility index (Phi) is 4.29. The number of imidazole rings is 1. The van der Waals surface area contributed by atoms with E-state index in [1.165, 1.54) is 30.8 Å². The van der Waals surface area contributed by atoms with Crippen molar-refractivity contribution in [2.75, 3.05) is 12.3 Å². The Bertz CT molecular complexity index is 318. The lowest BCUT2D eigenvalue weighted by atomic mass is 10.1. The molecule has 0 radical (unpaired) electrons. The summed E-state index contributed by atoms with van der Waals surface area (Å²) in [5, 5.41) is 4.28. The van der Waals surface area contributed by atoms with Crippen molar-refractivity contribution in [2.45, 2.75) is 37.5 Å². The number of hydrogen-bond acceptors (Lipinski definition) is 3. The van der Waals surface area contributed by atoms with Gasteiger partial charge in [0.25, 0.3) is 0 Å². The van der Waals surface area contributed by atoms with Gasteiger partial charge in [0, 0.05) is 24.7 Å². The molecule has 0 aliphatic carbocycles. The summed E-state index contributed by atoms with van der Waals surface area (Å²) < 4.78 is 2.14. The zero-order valence-corrected chi connectivity index (χ0v) is 11.0. The summed E-state index contributed by atoms with van der Waals surface area (Å²) in [6.45, 7) is 3.18. The van der Waals surface area contributed by atoms with Crippen LogP contribution in [0.15, 0.2) is 12.4 Å². The quantitative estimate of drug-likeness (QED) is 0.875. The van der Waals surface area contributed by atoms with Gasteiger partial charge in [0.1, 0.15) is 5.82 Å². The van der Waals surface area contributed by atoms with Crippen LogP contribution < -0.4 is 5.32 Å². The highest BCUT2D eigenvalue weighted by Crippen LogP contribution is 2.33. The van der Waals surface area contributed by atoms with Crippen molar-refractivity contribution in [3.63, 3.8) is 0 Å². The summed E-state index contributed by atoms with van der Waals surface area (Å²) in [7, 11) is 2.08. The van der Waals surface area contributed by atoms with Gasteiger partial charge in [-0.1, -0.05) is 13.3 Å². The zero-order valence-electron chi connectivity index (χ0n) is 10.1. The highest BCUT2D eigenvalue weighted by molar-refractivity contribution is 8.00. The van der Waals surface area contributed by atoms with Gasteiger partial charge in [0.15, 0.2) is 0 Å². The molecule has 1 aromatic rings. The van der Waals surface area contributed by atoms with E-state index < -0.39 is 0 Å². The lowest BCUT2D eigenvalue weighted by Crippen LogP contribution is -2.33. The van der Waals surface area contributed by atoms with E-state index >= 15 is 0 Å². The Morgan fingerprint density at radius 1 is 1.62 bits per heavy atom. The van der Waals surface area contributed by atoms with Gasteiger partial charge in [-0.25, -0.2) is 4.98 Å². The molecule has 1 saturated heterocycles. The predicted molar refractivity (Wildman–Crippen MR) is 69.7 cm³/mol. The van der Waals surface area contributed by atoms with Crippen LogP contribution in [-0.4, -0.2) is 27.1 Å². The Labute approximate surface area is 102 Å². The second-order valence-electron chi connectivity index (χ2n) is 4.34. The fourth-order valence-electron chi connectivity index (χ4n) is 2.31. The predicted octanol–water partition coefficient (Wildman–Crippen LogP) is 2.36. The lowest BCUT2D eigenvalue weighted by molar-refractivity contribution is 0.461. The van der Waals surface area contributed by atoms with Gasteiger partial charge in [0.2, 0.25) is 0 Å². The first-order valence-electron chi connectivity index (χ1n) is 6.15. The van der Waals surface area contributed by atoms with Crippen molar-refractivity contribution >= 4 is 11.8 Å². The maximum absolute atomic E-state index is 4.50. The molecular formula is C12H21N3S. The lowest BCUT2D eigenvalue weighted by Gasteiger charge is -2.29. The van der Waals surface area contributed by atoms with E-state index in [0.29, 0.717) is 11.3 Å². The molecule has 0 aromatic carbocycles. The Morgan fingerprint density at radius 3 is 3.06 bits per heavy atom. The van der Waals surface area contributed by atoms with Crippen LogP contribution in [0.1, 0.15) is 38.1 Å². The summed E-state index contributed by atoms with van der Waals surface area (Å²) in [5.74, 6) is 2.48. The molecule has 2 unspecified atom stereocenters. The molecule has 1 aromatic heterocycles. The van der Waals surface area contributed by atoms with Crippen LogP contribution in [0.25, 0.3) is 0 Å². The average molecular weight is 239 g/mol. The van der Waals surface area contributed by atoms with E-state index in [9.17, 15) is 0 Å². The van der Waals surface area contributed by atoms with Crippen LogP contribution in [0.4, 0.5) is 0 Å². The first kappa shape index (κ1) is 12.0. The monoisotopic (exact) mass is 239 g/mol. The topological polar surface area (TPSA) is 29.9 Å². The molecule has 16 heavy (non-hydrogen) atoms. The second-order valence-corrected chi connectivity index (χ2v) is 5.68. The molecule has 90 valence electrons. The fourth-order valence-corrected chi connectivity index (χ4v) is 3.73. The molecular weight excluding hydrogens is 218 g/mol. The number of nitrogens with one attached hydrogen (secondary N) is 1. The van der Waals surface area contributed by atoms with Crippen LogP contribution in [0.2, 0.25) is 0 Å². The van der Waals surface area contributed by atoms with E-state index in [1.807, 2.05) is 12.4 Å². The van der Waals surface area contributed by atoms with Gasteiger partial charge in [-0.05, 0) is 25.1 Å². The number of hydrogen-bond donors (Lipinski definition) is 1. The number of thioether (sulfide) groups is 1. The smallest absolute Gasteiger partial charge is 0.126 e. The molecule has 0 amide bonds. The number of aromatic nitrogens is 2. The standard InChI is InChI=1S/C12H21N3S/c1-3-13-11(10-6-4-5-9-16-10)12-14-7-8-15(12)2/h7-8,10-11,13H,3-6,9H2,1-2H3. The van der Waals surface area contributed by atoms with E-state index in [1.54, 1.807) is 0 Å². The Hall–Kier alpha value is -0.480. The Morgan fingerprint density at radius 2 is 2.50 bits per heavy atom. The van der Waals surface area contributed by atoms with Gasteiger partial charge in [-0.3, -0.25) is 0 Å². The van der Waals surface area contributed by atoms with Crippen molar-refractivity contribution < 1.29 is 0 Å². The van der Waals surface area contributed by atoms with E-state index in [2.05, 4.69) is 40.6 Å². The van der Waals surface area contributed by atoms with Gasteiger partial charge < -0.3 is 9.88 Å². The van der Waals surface area contributed by atoms with Crippen molar-refractivity contribution in [1.29, 1.82) is 0 Å². The molecule has 1 N–H and O–H groups in total. The molecule has 3 nitrogen and oxygen atoms in total. The summed E-state index contributed by atoms with van der Waals surface area (Å²) in [5.41, 5.74) is 0. The largest absolute Gasteiger partial charge is 0.337 e. The molecule has 0 saturated carbocycles. The summed E-state index contributed by atoms with van der Waals surface area (Å²) in [6, 6.07) is 0.412. The van der Waals surface area contributed by atoms with Crippen molar-refractivity contribution in [2.24, 2.45) is 7.05 Å². The van der Waals surface area contributed by atoms with Gasteiger partial charge in [-0.15, -0.1) is 0 Å². The van der Waals surface area contributed by atoms with Gasteiger partial charge >= 0.3 is 0 Å². The SMILES string of the molecule is CCNC(c1nccn1C)C1CCCCS1. The summed E-state index contributed by atoms with van der Waals surface area (Å²) in [6.07, 6.45) is 7.99. The van der Waals surface area contributed by atoms with Crippen LogP contribution in [0.5, 0.6) is 0 Å². The third-order valence-corrected chi connectivity index (χ3v) is 4.61. The molecule has 1 aliphatic rings. The summed E-state index contributed by atoms with van der Waals surface area (Å²) in [4.78, 5) is 4.50. The first-order valence-corrected chi connectivity index (χ1v) is 7.20. The third kappa shape index (κ3) is 2.61. The molecule has 2 atom stereocenters. The highest BCUT2D eigenvalue weighted by atomic mass is 32.2. The van der Waals surface area contributed by atoms with E-state index in [-0.39, 0.29) is 0 Å². The van der Waals surface area contributed by atoms with Crippen LogP contribution in [0, 0.1) is 0 Å². The molecule has 1 fully saturated rings. The fraction of sp³-hybridized carbons (Fsp3) is 0.750. The molecule has 2 heterocycles. The second kappa shape index (κ2) is 5.73. The van der Waals surface area contributed by atoms with Crippen molar-refractivity contribution in [1.82, 2.24) is 14.9 Å². The minimum absolute atomic E-state index is 0.412. The number of rotatable bonds is 4. The normalized spacial score (nSPS) is 23.2. The van der Waals surface area contributed by atoms with Gasteiger partial charge in [0.05, 0.1) is 6.04 Å². The molecule has 1 aliphatic heterocycles. The minimum Gasteiger partial charge on any atom is -0.337 e. The third-order valence-electron chi connectivity index (χ3n) is 3.15. The van der Waals surface area contributed by atoms with Crippen molar-refractivity contribution in [3.05, 3.63) is 18.2 Å².